The lowest BCUT2D eigenvalue weighted by molar-refractivity contribution is -0.136. The number of nitrogens with one attached hydrogen (secondary N) is 1. The van der Waals surface area contributed by atoms with Gasteiger partial charge in [-0.05, 0) is 12.3 Å². The first kappa shape index (κ1) is 10.6. The Morgan fingerprint density at radius 2 is 2.21 bits per heavy atom. The maximum atomic E-state index is 11.2. The van der Waals surface area contributed by atoms with Crippen molar-refractivity contribution in [1.82, 2.24) is 5.16 Å². The average molecular weight is 199 g/mol. The summed E-state index contributed by atoms with van der Waals surface area (Å²) in [4.78, 5) is 21.7. The molecule has 0 aliphatic heterocycles. The van der Waals surface area contributed by atoms with Crippen LogP contribution in [0.4, 0.5) is 0 Å². The summed E-state index contributed by atoms with van der Waals surface area (Å²) >= 11 is 0. The van der Waals surface area contributed by atoms with Gasteiger partial charge in [-0.1, -0.05) is 13.8 Å². The molecule has 0 fully saturated rings. The Hall–Kier alpha value is -1.52. The van der Waals surface area contributed by atoms with Crippen molar-refractivity contribution in [1.29, 1.82) is 0 Å². The average Bonchev–Trinajstić information content (AvgIpc) is 2.34. The number of carboxylic acids is 1. The minimum atomic E-state index is -1.00. The standard InChI is InChI=1S/C9H13NO4/c1-5(2)3-6-7(4-8(11)12)14-10-9(6)13/h5H,3-4H2,1-2H3,(H,10,13)(H,11,12). The predicted octanol–water partition coefficient (Wildman–Crippen LogP) is 0.794. The number of hydrogen-bond donors (Lipinski definition) is 2. The fourth-order valence-corrected chi connectivity index (χ4v) is 1.25. The number of hydrogen-bond acceptors (Lipinski definition) is 3. The zero-order chi connectivity index (χ0) is 10.7. The van der Waals surface area contributed by atoms with Crippen LogP contribution in [0.25, 0.3) is 0 Å². The van der Waals surface area contributed by atoms with Gasteiger partial charge in [-0.15, -0.1) is 0 Å². The molecule has 0 atom stereocenters. The van der Waals surface area contributed by atoms with Gasteiger partial charge in [0.2, 0.25) is 0 Å². The Balaban J connectivity index is 2.94. The fraction of sp³-hybridized carbons (Fsp3) is 0.556. The number of rotatable bonds is 4. The molecule has 0 radical (unpaired) electrons. The predicted molar refractivity (Wildman–Crippen MR) is 49.2 cm³/mol. The molecule has 78 valence electrons. The van der Waals surface area contributed by atoms with Crippen molar-refractivity contribution >= 4 is 5.97 Å². The summed E-state index contributed by atoms with van der Waals surface area (Å²) in [6, 6.07) is 0. The Kier molecular flexibility index (Phi) is 3.11. The first-order valence-corrected chi connectivity index (χ1v) is 4.41. The second-order valence-corrected chi connectivity index (χ2v) is 3.60. The molecule has 1 aromatic rings. The third kappa shape index (κ3) is 2.48. The fourth-order valence-electron chi connectivity index (χ4n) is 1.25. The summed E-state index contributed by atoms with van der Waals surface area (Å²) in [5.41, 5.74) is 0.123. The molecule has 0 saturated heterocycles. The molecule has 0 aromatic carbocycles. The number of carboxylic acid groups (broad SMARTS) is 1. The highest BCUT2D eigenvalue weighted by atomic mass is 16.5. The van der Waals surface area contributed by atoms with Gasteiger partial charge in [0.05, 0.1) is 5.56 Å². The second kappa shape index (κ2) is 4.13. The number of carbonyl (C=O) groups is 1. The maximum absolute atomic E-state index is 11.2. The van der Waals surface area contributed by atoms with E-state index in [9.17, 15) is 9.59 Å². The van der Waals surface area contributed by atoms with Crippen LogP contribution < -0.4 is 5.56 Å². The Bertz CT molecular complexity index is 374. The van der Waals surface area contributed by atoms with Gasteiger partial charge >= 0.3 is 5.97 Å². The Morgan fingerprint density at radius 3 is 2.71 bits per heavy atom. The molecule has 1 heterocycles. The molecule has 0 amide bonds. The molecule has 0 aliphatic carbocycles. The van der Waals surface area contributed by atoms with Crippen molar-refractivity contribution in [2.24, 2.45) is 5.92 Å². The van der Waals surface area contributed by atoms with Crippen molar-refractivity contribution in [3.05, 3.63) is 21.7 Å². The van der Waals surface area contributed by atoms with Crippen molar-refractivity contribution < 1.29 is 14.4 Å². The van der Waals surface area contributed by atoms with Gasteiger partial charge in [-0.2, -0.15) is 5.16 Å². The molecule has 0 aliphatic rings. The molecule has 0 bridgehead atoms. The molecule has 5 nitrogen and oxygen atoms in total. The van der Waals surface area contributed by atoms with Crippen LogP contribution in [0.15, 0.2) is 9.32 Å². The molecule has 0 saturated carbocycles. The van der Waals surface area contributed by atoms with E-state index in [1.165, 1.54) is 0 Å². The third-order valence-electron chi connectivity index (χ3n) is 1.80. The van der Waals surface area contributed by atoms with E-state index in [0.717, 1.165) is 0 Å². The van der Waals surface area contributed by atoms with E-state index >= 15 is 0 Å². The zero-order valence-electron chi connectivity index (χ0n) is 8.16. The molecule has 0 spiro atoms. The van der Waals surface area contributed by atoms with E-state index in [0.29, 0.717) is 17.9 Å². The van der Waals surface area contributed by atoms with Crippen LogP contribution in [0.1, 0.15) is 25.2 Å². The van der Waals surface area contributed by atoms with Gasteiger partial charge in [0.15, 0.2) is 5.76 Å². The van der Waals surface area contributed by atoms with Crippen LogP contribution in [-0.2, 0) is 17.6 Å². The zero-order valence-corrected chi connectivity index (χ0v) is 8.16. The number of aromatic nitrogens is 1. The first-order valence-electron chi connectivity index (χ1n) is 4.41. The third-order valence-corrected chi connectivity index (χ3v) is 1.80. The van der Waals surface area contributed by atoms with Gasteiger partial charge in [0, 0.05) is 0 Å². The number of aliphatic carboxylic acids is 1. The van der Waals surface area contributed by atoms with Gasteiger partial charge in [-0.25, -0.2) is 0 Å². The van der Waals surface area contributed by atoms with Crippen molar-refractivity contribution in [2.45, 2.75) is 26.7 Å². The van der Waals surface area contributed by atoms with Gasteiger partial charge in [-0.3, -0.25) is 9.59 Å². The lowest BCUT2D eigenvalue weighted by Crippen LogP contribution is -2.11. The summed E-state index contributed by atoms with van der Waals surface area (Å²) < 4.78 is 4.79. The largest absolute Gasteiger partial charge is 0.481 e. The van der Waals surface area contributed by atoms with E-state index in [2.05, 4.69) is 5.16 Å². The minimum Gasteiger partial charge on any atom is -0.481 e. The highest BCUT2D eigenvalue weighted by Crippen LogP contribution is 2.10. The smallest absolute Gasteiger partial charge is 0.311 e. The highest BCUT2D eigenvalue weighted by Gasteiger charge is 2.16. The molecule has 1 rings (SSSR count). The lowest BCUT2D eigenvalue weighted by atomic mass is 10.0. The highest BCUT2D eigenvalue weighted by molar-refractivity contribution is 5.69. The SMILES string of the molecule is CC(C)Cc1c(CC(=O)O)o[nH]c1=O. The van der Waals surface area contributed by atoms with Crippen LogP contribution in [0, 0.1) is 5.92 Å². The van der Waals surface area contributed by atoms with Crippen LogP contribution >= 0.6 is 0 Å². The maximum Gasteiger partial charge on any atom is 0.311 e. The summed E-state index contributed by atoms with van der Waals surface area (Å²) in [6.07, 6.45) is 0.287. The summed E-state index contributed by atoms with van der Waals surface area (Å²) in [5, 5.41) is 10.7. The minimum absolute atomic E-state index is 0.233. The first-order chi connectivity index (χ1) is 6.50. The van der Waals surface area contributed by atoms with E-state index in [1.54, 1.807) is 0 Å². The topological polar surface area (TPSA) is 83.3 Å². The molecular formula is C9H13NO4. The van der Waals surface area contributed by atoms with Crippen molar-refractivity contribution in [3.8, 4) is 0 Å². The van der Waals surface area contributed by atoms with Gasteiger partial charge in [0.1, 0.15) is 6.42 Å². The molecular weight excluding hydrogens is 186 g/mol. The quantitative estimate of drug-likeness (QED) is 0.751. The van der Waals surface area contributed by atoms with Crippen LogP contribution in [-0.4, -0.2) is 16.2 Å². The normalized spacial score (nSPS) is 10.8. The van der Waals surface area contributed by atoms with Crippen molar-refractivity contribution in [2.75, 3.05) is 0 Å². The Morgan fingerprint density at radius 1 is 1.57 bits per heavy atom. The molecule has 0 unspecified atom stereocenters. The van der Waals surface area contributed by atoms with Crippen LogP contribution in [0.2, 0.25) is 0 Å². The van der Waals surface area contributed by atoms with E-state index < -0.39 is 5.97 Å². The summed E-state index contributed by atoms with van der Waals surface area (Å²) in [5.74, 6) is -0.477. The van der Waals surface area contributed by atoms with E-state index in [1.807, 2.05) is 13.8 Å². The molecule has 14 heavy (non-hydrogen) atoms. The molecule has 2 N–H and O–H groups in total. The summed E-state index contributed by atoms with van der Waals surface area (Å²) in [6.45, 7) is 3.91. The second-order valence-electron chi connectivity index (χ2n) is 3.60. The Labute approximate surface area is 80.7 Å². The molecule has 5 heteroatoms. The van der Waals surface area contributed by atoms with Crippen LogP contribution in [0.3, 0.4) is 0 Å². The van der Waals surface area contributed by atoms with Gasteiger partial charge in [0.25, 0.3) is 5.56 Å². The van der Waals surface area contributed by atoms with E-state index in [4.69, 9.17) is 9.63 Å². The lowest BCUT2D eigenvalue weighted by Gasteiger charge is -2.01. The number of H-pyrrole nitrogens is 1. The van der Waals surface area contributed by atoms with Crippen LogP contribution in [0.5, 0.6) is 0 Å². The van der Waals surface area contributed by atoms with Gasteiger partial charge < -0.3 is 9.63 Å². The van der Waals surface area contributed by atoms with Crippen molar-refractivity contribution in [3.63, 3.8) is 0 Å². The monoisotopic (exact) mass is 199 g/mol. The summed E-state index contributed by atoms with van der Waals surface area (Å²) in [7, 11) is 0. The van der Waals surface area contributed by atoms with E-state index in [-0.39, 0.29) is 17.7 Å². The number of aromatic amines is 1. The molecule has 1 aromatic heterocycles.